The molecule has 1 atom stereocenters. The lowest BCUT2D eigenvalue weighted by Crippen LogP contribution is -2.24. The summed E-state index contributed by atoms with van der Waals surface area (Å²) in [7, 11) is 2.01. The Morgan fingerprint density at radius 2 is 2.19 bits per heavy atom. The van der Waals surface area contributed by atoms with Gasteiger partial charge in [0.2, 0.25) is 0 Å². The Balaban J connectivity index is 2.24. The molecule has 0 saturated heterocycles. The SMILES string of the molecule is CCCNC(Cc1c(Br)c(CC)nn1C)c1coc(C)c1. The van der Waals surface area contributed by atoms with Gasteiger partial charge in [-0.2, -0.15) is 5.10 Å². The van der Waals surface area contributed by atoms with Crippen LogP contribution in [0.1, 0.15) is 49.0 Å². The van der Waals surface area contributed by atoms with Crippen LogP contribution in [-0.4, -0.2) is 16.3 Å². The van der Waals surface area contributed by atoms with Gasteiger partial charge in [0.05, 0.1) is 22.1 Å². The number of furan rings is 1. The van der Waals surface area contributed by atoms with Crippen LogP contribution < -0.4 is 5.32 Å². The third kappa shape index (κ3) is 3.77. The third-order valence-electron chi connectivity index (χ3n) is 3.69. The topological polar surface area (TPSA) is 43.0 Å². The standard InChI is InChI=1S/C16H24BrN3O/c1-5-7-18-14(12-8-11(3)21-10-12)9-15-16(17)13(6-2)19-20(15)4/h8,10,14,18H,5-7,9H2,1-4H3. The molecule has 0 aliphatic carbocycles. The quantitative estimate of drug-likeness (QED) is 0.819. The maximum atomic E-state index is 5.48. The molecule has 2 heterocycles. The van der Waals surface area contributed by atoms with Crippen LogP contribution in [0.25, 0.3) is 0 Å². The van der Waals surface area contributed by atoms with Gasteiger partial charge in [0.25, 0.3) is 0 Å². The van der Waals surface area contributed by atoms with Crippen LogP contribution in [0, 0.1) is 6.92 Å². The zero-order chi connectivity index (χ0) is 15.4. The number of aryl methyl sites for hydroxylation is 3. The molecule has 0 aliphatic heterocycles. The highest BCUT2D eigenvalue weighted by atomic mass is 79.9. The molecule has 116 valence electrons. The predicted octanol–water partition coefficient (Wildman–Crippen LogP) is 3.93. The molecule has 4 nitrogen and oxygen atoms in total. The first-order valence-corrected chi connectivity index (χ1v) is 8.34. The van der Waals surface area contributed by atoms with Crippen molar-refractivity contribution < 1.29 is 4.42 Å². The summed E-state index contributed by atoms with van der Waals surface area (Å²) in [5.74, 6) is 0.951. The average Bonchev–Trinajstić information content (AvgIpc) is 3.00. The van der Waals surface area contributed by atoms with Crippen LogP contribution in [0.5, 0.6) is 0 Å². The first kappa shape index (κ1) is 16.3. The van der Waals surface area contributed by atoms with E-state index in [4.69, 9.17) is 4.42 Å². The van der Waals surface area contributed by atoms with Crippen LogP contribution in [0.3, 0.4) is 0 Å². The van der Waals surface area contributed by atoms with Crippen molar-refractivity contribution in [1.29, 1.82) is 0 Å². The Hall–Kier alpha value is -1.07. The molecule has 0 aromatic carbocycles. The molecule has 0 spiro atoms. The molecular weight excluding hydrogens is 330 g/mol. The van der Waals surface area contributed by atoms with Crippen LogP contribution in [0.15, 0.2) is 21.2 Å². The van der Waals surface area contributed by atoms with E-state index in [-0.39, 0.29) is 6.04 Å². The molecule has 2 aromatic heterocycles. The van der Waals surface area contributed by atoms with E-state index in [0.717, 1.165) is 41.7 Å². The van der Waals surface area contributed by atoms with Gasteiger partial charge >= 0.3 is 0 Å². The summed E-state index contributed by atoms with van der Waals surface area (Å²) in [4.78, 5) is 0. The van der Waals surface area contributed by atoms with Gasteiger partial charge < -0.3 is 9.73 Å². The zero-order valence-corrected chi connectivity index (χ0v) is 14.8. The lowest BCUT2D eigenvalue weighted by atomic mass is 10.0. The van der Waals surface area contributed by atoms with Gasteiger partial charge in [-0.1, -0.05) is 13.8 Å². The van der Waals surface area contributed by atoms with Gasteiger partial charge in [0.1, 0.15) is 5.76 Å². The first-order valence-electron chi connectivity index (χ1n) is 7.55. The highest BCUT2D eigenvalue weighted by molar-refractivity contribution is 9.10. The lowest BCUT2D eigenvalue weighted by Gasteiger charge is -2.17. The lowest BCUT2D eigenvalue weighted by molar-refractivity contribution is 0.493. The summed E-state index contributed by atoms with van der Waals surface area (Å²) in [5.41, 5.74) is 3.54. The second-order valence-electron chi connectivity index (χ2n) is 5.39. The Morgan fingerprint density at radius 3 is 2.71 bits per heavy atom. The van der Waals surface area contributed by atoms with E-state index in [1.165, 1.54) is 11.3 Å². The number of rotatable bonds is 7. The van der Waals surface area contributed by atoms with Crippen molar-refractivity contribution in [2.45, 2.75) is 46.1 Å². The fourth-order valence-electron chi connectivity index (χ4n) is 2.51. The second-order valence-corrected chi connectivity index (χ2v) is 6.18. The number of nitrogens with zero attached hydrogens (tertiary/aromatic N) is 2. The Kier molecular flexibility index (Phi) is 5.65. The monoisotopic (exact) mass is 353 g/mol. The highest BCUT2D eigenvalue weighted by Gasteiger charge is 2.19. The van der Waals surface area contributed by atoms with Crippen LogP contribution >= 0.6 is 15.9 Å². The van der Waals surface area contributed by atoms with Gasteiger partial charge in [0.15, 0.2) is 0 Å². The summed E-state index contributed by atoms with van der Waals surface area (Å²) in [6.45, 7) is 7.28. The molecule has 1 unspecified atom stereocenters. The zero-order valence-electron chi connectivity index (χ0n) is 13.2. The summed E-state index contributed by atoms with van der Waals surface area (Å²) in [5, 5.41) is 8.19. The molecule has 2 rings (SSSR count). The van der Waals surface area contributed by atoms with Crippen molar-refractivity contribution in [2.24, 2.45) is 7.05 Å². The van der Waals surface area contributed by atoms with Crippen LogP contribution in [0.2, 0.25) is 0 Å². The maximum absolute atomic E-state index is 5.48. The Morgan fingerprint density at radius 1 is 1.43 bits per heavy atom. The van der Waals surface area contributed by atoms with Gasteiger partial charge in [-0.15, -0.1) is 0 Å². The number of halogens is 1. The van der Waals surface area contributed by atoms with E-state index < -0.39 is 0 Å². The summed E-state index contributed by atoms with van der Waals surface area (Å²) in [6.07, 6.45) is 4.79. The second kappa shape index (κ2) is 7.27. The van der Waals surface area contributed by atoms with Gasteiger partial charge in [-0.05, 0) is 48.3 Å². The van der Waals surface area contributed by atoms with E-state index in [2.05, 4.69) is 46.3 Å². The van der Waals surface area contributed by atoms with E-state index in [0.29, 0.717) is 0 Å². The van der Waals surface area contributed by atoms with E-state index in [9.17, 15) is 0 Å². The summed E-state index contributed by atoms with van der Waals surface area (Å²) in [6, 6.07) is 2.36. The van der Waals surface area contributed by atoms with E-state index in [1.54, 1.807) is 0 Å². The molecule has 0 bridgehead atoms. The number of hydrogen-bond donors (Lipinski definition) is 1. The first-order chi connectivity index (χ1) is 10.1. The smallest absolute Gasteiger partial charge is 0.101 e. The minimum absolute atomic E-state index is 0.249. The van der Waals surface area contributed by atoms with Crippen LogP contribution in [-0.2, 0) is 19.9 Å². The molecule has 2 aromatic rings. The minimum Gasteiger partial charge on any atom is -0.469 e. The predicted molar refractivity (Wildman–Crippen MR) is 88.5 cm³/mol. The van der Waals surface area contributed by atoms with Crippen molar-refractivity contribution in [3.63, 3.8) is 0 Å². The normalized spacial score (nSPS) is 12.8. The van der Waals surface area contributed by atoms with Crippen LogP contribution in [0.4, 0.5) is 0 Å². The van der Waals surface area contributed by atoms with E-state index in [1.807, 2.05) is 24.9 Å². The number of nitrogens with one attached hydrogen (secondary N) is 1. The van der Waals surface area contributed by atoms with Crippen molar-refractivity contribution in [3.8, 4) is 0 Å². The fraction of sp³-hybridized carbons (Fsp3) is 0.562. The highest BCUT2D eigenvalue weighted by Crippen LogP contribution is 2.27. The largest absolute Gasteiger partial charge is 0.469 e. The molecule has 0 saturated carbocycles. The molecular formula is C16H24BrN3O. The van der Waals surface area contributed by atoms with Gasteiger partial charge in [-0.25, -0.2) is 0 Å². The van der Waals surface area contributed by atoms with Crippen molar-refractivity contribution in [3.05, 3.63) is 39.5 Å². The molecule has 1 N–H and O–H groups in total. The molecule has 5 heteroatoms. The Labute approximate surface area is 135 Å². The number of aromatic nitrogens is 2. The number of hydrogen-bond acceptors (Lipinski definition) is 3. The fourth-order valence-corrected chi connectivity index (χ4v) is 3.29. The molecule has 0 fully saturated rings. The molecule has 0 amide bonds. The van der Waals surface area contributed by atoms with Gasteiger partial charge in [0, 0.05) is 25.1 Å². The molecule has 0 aliphatic rings. The molecule has 0 radical (unpaired) electrons. The minimum atomic E-state index is 0.249. The molecule has 21 heavy (non-hydrogen) atoms. The summed E-state index contributed by atoms with van der Waals surface area (Å²) >= 11 is 3.70. The summed E-state index contributed by atoms with van der Waals surface area (Å²) < 4.78 is 8.59. The van der Waals surface area contributed by atoms with E-state index >= 15 is 0 Å². The van der Waals surface area contributed by atoms with Gasteiger partial charge in [-0.3, -0.25) is 4.68 Å². The average molecular weight is 354 g/mol. The Bertz CT molecular complexity index is 588. The third-order valence-corrected chi connectivity index (χ3v) is 4.61. The van der Waals surface area contributed by atoms with Crippen molar-refractivity contribution in [2.75, 3.05) is 6.54 Å². The van der Waals surface area contributed by atoms with Crippen molar-refractivity contribution in [1.82, 2.24) is 15.1 Å². The van der Waals surface area contributed by atoms with Crippen molar-refractivity contribution >= 4 is 15.9 Å². The maximum Gasteiger partial charge on any atom is 0.101 e.